The molecule has 9 aromatic rings. The molecule has 1 aliphatic carbocycles. The third kappa shape index (κ3) is 15.1. The number of pyridine rings is 1. The summed E-state index contributed by atoms with van der Waals surface area (Å²) in [5.41, 5.74) is 8.98. The lowest BCUT2D eigenvalue weighted by Crippen LogP contribution is -2.50. The molecule has 2 aromatic carbocycles. The van der Waals surface area contributed by atoms with Crippen molar-refractivity contribution in [3.63, 3.8) is 0 Å². The fourth-order valence-electron chi connectivity index (χ4n) is 12.6. The first-order valence-corrected chi connectivity index (χ1v) is 37.3. The molecule has 98 heavy (non-hydrogen) atoms. The number of carbonyl (C=O) groups is 7. The minimum atomic E-state index is -1.41. The maximum absolute atomic E-state index is 15.5. The topological polar surface area (TPSA) is 360 Å². The number of likely N-dealkylation sites (tertiary alicyclic amines) is 1. The van der Waals surface area contributed by atoms with Crippen molar-refractivity contribution in [2.45, 2.75) is 114 Å². The van der Waals surface area contributed by atoms with Crippen LogP contribution in [0.25, 0.3) is 43.4 Å². The number of thiazole rings is 6. The summed E-state index contributed by atoms with van der Waals surface area (Å²) in [5.74, 6) is -4.95. The first-order chi connectivity index (χ1) is 47.4. The van der Waals surface area contributed by atoms with Crippen LogP contribution in [-0.2, 0) is 20.8 Å². The van der Waals surface area contributed by atoms with E-state index >= 15 is 4.79 Å². The van der Waals surface area contributed by atoms with E-state index in [0.717, 1.165) is 53.6 Å². The van der Waals surface area contributed by atoms with E-state index in [2.05, 4.69) is 31.2 Å². The molecule has 0 spiro atoms. The fraction of sp³-hybridized carbons (Fsp3) is 0.373. The number of nitrogens with one attached hydrogen (secondary N) is 4. The van der Waals surface area contributed by atoms with E-state index in [4.69, 9.17) is 40.4 Å². The summed E-state index contributed by atoms with van der Waals surface area (Å²) < 4.78 is 6.16. The second kappa shape index (κ2) is 29.8. The van der Waals surface area contributed by atoms with Crippen LogP contribution in [0, 0.1) is 18.8 Å². The Labute approximate surface area is 586 Å². The molecule has 0 unspecified atom stereocenters. The number of primary amides is 1. The van der Waals surface area contributed by atoms with E-state index in [9.17, 15) is 44.1 Å². The standard InChI is InChI=1S/C67H68N14O11S6/c1-33-49(82)27-81-54(33)65-77-48(32-97-65)62-73-44(28-94-62)52-40(19-20-41(70-52)61-75-45(30-95-61)56(85)69-38-15-13-37(14-16-38)67(90)91)60-74-46(29-93-60)57(86)71-42(26-50(68)83)63-79-51(34(2)98-63)59(88)78-53(55(84)36-9-5-3-6-10-36)64-76-47(31-96-64)58(87)72-43(66(81)89)25-35-11-17-39(18-12-35)92-24-23-80-21-7-4-8-22-80/h3,5-6,9-12,17-20,28-33,37-38,42-43,49,53-55,82,84H,4,7-8,13-16,21-27H2,1-2H3,(H2,68,83)(H,69,85)(H,71,86)(H,72,87)(H,78,88)(H,90,91)/t33-,37?,38?,42-,43-,49-,53-,54-,55+/m0/s1. The molecule has 0 radical (unpaired) electrons. The molecule has 4 aliphatic rings. The summed E-state index contributed by atoms with van der Waals surface area (Å²) in [6.45, 7) is 6.80. The van der Waals surface area contributed by atoms with E-state index in [1.165, 1.54) is 58.7 Å². The van der Waals surface area contributed by atoms with Crippen molar-refractivity contribution in [1.29, 1.82) is 0 Å². The molecule has 25 nitrogen and oxygen atoms in total. The molecule has 1 saturated carbocycles. The fourth-order valence-corrected chi connectivity index (χ4v) is 17.9. The molecule has 3 fully saturated rings. The van der Waals surface area contributed by atoms with Crippen LogP contribution in [0.15, 0.2) is 93.6 Å². The maximum atomic E-state index is 15.5. The van der Waals surface area contributed by atoms with E-state index in [1.807, 2.05) is 36.6 Å². The molecule has 9 N–H and O–H groups in total. The average Bonchev–Trinajstić information content (AvgIpc) is 1.61. The number of nitrogens with two attached hydrogens (primary N) is 1. The predicted molar refractivity (Wildman–Crippen MR) is 371 cm³/mol. The zero-order valence-corrected chi connectivity index (χ0v) is 57.9. The van der Waals surface area contributed by atoms with Crippen molar-refractivity contribution in [2.24, 2.45) is 17.6 Å². The van der Waals surface area contributed by atoms with Crippen molar-refractivity contribution >= 4 is 109 Å². The highest BCUT2D eigenvalue weighted by Gasteiger charge is 2.46. The molecule has 10 bridgehead atoms. The molecule has 13 rings (SSSR count). The van der Waals surface area contributed by atoms with Gasteiger partial charge >= 0.3 is 5.97 Å². The molecule has 3 aliphatic heterocycles. The van der Waals surface area contributed by atoms with Crippen molar-refractivity contribution < 1.29 is 53.6 Å². The zero-order chi connectivity index (χ0) is 68.3. The number of aryl methyl sites for hydroxylation is 1. The number of hydrogen-bond acceptors (Lipinski definition) is 24. The summed E-state index contributed by atoms with van der Waals surface area (Å²) in [6.07, 6.45) is 2.76. The molecule has 2 saturated heterocycles. The van der Waals surface area contributed by atoms with Crippen LogP contribution in [0.3, 0.4) is 0 Å². The number of rotatable bonds is 14. The maximum Gasteiger partial charge on any atom is 0.306 e. The first kappa shape index (κ1) is 67.9. The Hall–Kier alpha value is -8.66. The van der Waals surface area contributed by atoms with Crippen LogP contribution in [0.5, 0.6) is 5.75 Å². The quantitative estimate of drug-likeness (QED) is 0.0504. The lowest BCUT2D eigenvalue weighted by Gasteiger charge is -2.29. The lowest BCUT2D eigenvalue weighted by atomic mass is 9.86. The molecule has 7 aromatic heterocycles. The van der Waals surface area contributed by atoms with Gasteiger partial charge in [-0.3, -0.25) is 38.5 Å². The van der Waals surface area contributed by atoms with Gasteiger partial charge in [-0.25, -0.2) is 34.9 Å². The van der Waals surface area contributed by atoms with Crippen LogP contribution in [0.2, 0.25) is 0 Å². The summed E-state index contributed by atoms with van der Waals surface area (Å²) >= 11 is 6.99. The molecular formula is C67H68N14O11S6. The molecule has 10 heterocycles. The predicted octanol–water partition coefficient (Wildman–Crippen LogP) is 8.82. The smallest absolute Gasteiger partial charge is 0.306 e. The van der Waals surface area contributed by atoms with Gasteiger partial charge in [-0.15, -0.1) is 68.0 Å². The van der Waals surface area contributed by atoms with Gasteiger partial charge in [-0.1, -0.05) is 55.8 Å². The summed E-state index contributed by atoms with van der Waals surface area (Å²) in [4.78, 5) is 136. The number of aliphatic hydroxyl groups excluding tert-OH is 2. The molecule has 7 atom stereocenters. The van der Waals surface area contributed by atoms with Crippen LogP contribution in [-0.4, -0.2) is 152 Å². The average molecular weight is 1440 g/mol. The van der Waals surface area contributed by atoms with Crippen LogP contribution in [0.1, 0.15) is 156 Å². The Balaban J connectivity index is 0.863. The van der Waals surface area contributed by atoms with Gasteiger partial charge in [0.1, 0.15) is 100 Å². The first-order valence-electron chi connectivity index (χ1n) is 32.0. The van der Waals surface area contributed by atoms with Gasteiger partial charge in [0.15, 0.2) is 0 Å². The normalized spacial score (nSPS) is 22.1. The van der Waals surface area contributed by atoms with Gasteiger partial charge in [0.05, 0.1) is 36.2 Å². The number of nitrogens with zero attached hydrogens (tertiary/aromatic N) is 9. The number of aliphatic carboxylic acids is 1. The molecule has 6 amide bonds. The number of fused-ring (bicyclic) bond motifs is 16. The van der Waals surface area contributed by atoms with E-state index in [0.29, 0.717) is 102 Å². The number of carboxylic acid groups (broad SMARTS) is 1. The number of benzene rings is 2. The highest BCUT2D eigenvalue weighted by atomic mass is 32.1. The van der Waals surface area contributed by atoms with Crippen LogP contribution >= 0.6 is 68.0 Å². The molecule has 508 valence electrons. The summed E-state index contributed by atoms with van der Waals surface area (Å²) in [5, 5.41) is 55.5. The second-order valence-corrected chi connectivity index (χ2v) is 30.2. The SMILES string of the molecule is Cc1sc2nc1C(=O)N[C@@H]([C@H](O)c1ccccc1)c1nc(cs1)C(=O)N[C@@H](Cc1ccc(OCCN3CCCCC3)cc1)C(=O)N1C[C@H](O)[C@H](C)[C@H]1c1nc(cs1)-c1nc(cs1)-c1nc(-c3nc(C(=O)NC4CCC(C(=O)O)CC4)cs3)ccc1-c1nc(cs1)C(=O)N[C@H]2CC(N)=O. The minimum absolute atomic E-state index is 0.0234. The highest BCUT2D eigenvalue weighted by Crippen LogP contribution is 2.43. The van der Waals surface area contributed by atoms with Crippen LogP contribution < -0.4 is 31.7 Å². The van der Waals surface area contributed by atoms with Crippen molar-refractivity contribution in [2.75, 3.05) is 32.8 Å². The Morgan fingerprint density at radius 1 is 0.684 bits per heavy atom. The zero-order valence-electron chi connectivity index (χ0n) is 53.0. The minimum Gasteiger partial charge on any atom is -0.492 e. The second-order valence-electron chi connectivity index (χ2n) is 24.7. The summed E-state index contributed by atoms with van der Waals surface area (Å²) in [7, 11) is 0. The summed E-state index contributed by atoms with van der Waals surface area (Å²) in [6, 6.07) is 14.9. The number of carboxylic acids is 1. The van der Waals surface area contributed by atoms with Gasteiger partial charge in [0.2, 0.25) is 11.8 Å². The molecular weight excluding hydrogens is 1370 g/mol. The van der Waals surface area contributed by atoms with E-state index in [-0.39, 0.29) is 51.8 Å². The highest BCUT2D eigenvalue weighted by molar-refractivity contribution is 7.15. The number of aromatic nitrogens is 7. The van der Waals surface area contributed by atoms with Gasteiger partial charge < -0.3 is 52.0 Å². The van der Waals surface area contributed by atoms with Crippen molar-refractivity contribution in [3.8, 4) is 49.1 Å². The van der Waals surface area contributed by atoms with Gasteiger partial charge in [0.25, 0.3) is 23.6 Å². The number of ether oxygens (including phenoxy) is 1. The van der Waals surface area contributed by atoms with E-state index in [1.54, 1.807) is 70.4 Å². The number of hydrogen-bond donors (Lipinski definition) is 8. The number of aliphatic hydroxyl groups is 2. The monoisotopic (exact) mass is 1440 g/mol. The van der Waals surface area contributed by atoms with Crippen molar-refractivity contribution in [1.82, 2.24) is 66.0 Å². The van der Waals surface area contributed by atoms with Gasteiger partial charge in [-0.05, 0) is 93.9 Å². The van der Waals surface area contributed by atoms with Gasteiger partial charge in [0, 0.05) is 68.8 Å². The van der Waals surface area contributed by atoms with E-state index < -0.39 is 96.0 Å². The number of carbonyl (C=O) groups excluding carboxylic acids is 6. The van der Waals surface area contributed by atoms with Crippen molar-refractivity contribution in [3.05, 3.63) is 147 Å². The number of amides is 6. The molecule has 31 heteroatoms. The Morgan fingerprint density at radius 3 is 2.10 bits per heavy atom. The largest absolute Gasteiger partial charge is 0.492 e. The van der Waals surface area contributed by atoms with Gasteiger partial charge in [-0.2, -0.15) is 0 Å². The van der Waals surface area contributed by atoms with Crippen LogP contribution in [0.4, 0.5) is 0 Å². The Kier molecular flexibility index (Phi) is 20.7. The third-order valence-electron chi connectivity index (χ3n) is 18.0. The Bertz CT molecular complexity index is 4420. The third-order valence-corrected chi connectivity index (χ3v) is 23.5. The Morgan fingerprint density at radius 2 is 1.35 bits per heavy atom. The number of piperidine rings is 1. The lowest BCUT2D eigenvalue weighted by molar-refractivity contribution is -0.143.